The molecule has 1 aliphatic heterocycles. The number of aromatic nitrogens is 3. The summed E-state index contributed by atoms with van der Waals surface area (Å²) in [6.07, 6.45) is 1.56. The lowest BCUT2D eigenvalue weighted by molar-refractivity contribution is -0.143. The molecule has 1 fully saturated rings. The number of aliphatic carboxylic acids is 1. The van der Waals surface area contributed by atoms with Crippen LogP contribution < -0.4 is 10.6 Å². The van der Waals surface area contributed by atoms with E-state index >= 15 is 0 Å². The smallest absolute Gasteiger partial charge is 0.350 e. The Bertz CT molecular complexity index is 1360. The molecular weight excluding hydrogens is 454 g/mol. The second-order valence-corrected chi connectivity index (χ2v) is 9.01. The van der Waals surface area contributed by atoms with Gasteiger partial charge < -0.3 is 10.0 Å². The average Bonchev–Trinajstić information content (AvgIpc) is 3.31. The molecule has 0 saturated carbocycles. The highest BCUT2D eigenvalue weighted by molar-refractivity contribution is 5.75. The van der Waals surface area contributed by atoms with Crippen LogP contribution in [0, 0.1) is 0 Å². The van der Waals surface area contributed by atoms with Gasteiger partial charge in [0.25, 0.3) is 0 Å². The van der Waals surface area contributed by atoms with Gasteiger partial charge in [-0.1, -0.05) is 60.7 Å². The zero-order valence-corrected chi connectivity index (χ0v) is 20.1. The van der Waals surface area contributed by atoms with Crippen molar-refractivity contribution < 1.29 is 9.90 Å². The summed E-state index contributed by atoms with van der Waals surface area (Å²) in [6, 6.07) is 26.3. The lowest BCUT2D eigenvalue weighted by Crippen LogP contribution is -2.49. The molecule has 184 valence electrons. The summed E-state index contributed by atoms with van der Waals surface area (Å²) in [5, 5.41) is 14.2. The van der Waals surface area contributed by atoms with Crippen molar-refractivity contribution >= 4 is 11.7 Å². The molecule has 3 aromatic carbocycles. The summed E-state index contributed by atoms with van der Waals surface area (Å²) in [5.41, 5.74) is 3.44. The molecule has 0 bridgehead atoms. The van der Waals surface area contributed by atoms with Crippen molar-refractivity contribution in [1.82, 2.24) is 19.2 Å². The van der Waals surface area contributed by atoms with Crippen molar-refractivity contribution in [2.75, 3.05) is 31.1 Å². The summed E-state index contributed by atoms with van der Waals surface area (Å²) >= 11 is 0. The maximum Gasteiger partial charge on any atom is 0.350 e. The number of piperazine rings is 1. The van der Waals surface area contributed by atoms with Crippen LogP contribution in [0.25, 0.3) is 5.69 Å². The first-order valence-corrected chi connectivity index (χ1v) is 12.1. The number of hydrogen-bond donors (Lipinski definition) is 1. The number of anilines is 1. The lowest BCUT2D eigenvalue weighted by atomic mass is 10.0. The fraction of sp³-hybridized carbons (Fsp3) is 0.250. The first-order chi connectivity index (χ1) is 17.5. The number of nitrogens with zero attached hydrogens (tertiary/aromatic N) is 5. The Morgan fingerprint density at radius 3 is 1.94 bits per heavy atom. The molecule has 8 nitrogen and oxygen atoms in total. The van der Waals surface area contributed by atoms with E-state index in [1.165, 1.54) is 4.68 Å². The van der Waals surface area contributed by atoms with E-state index in [0.29, 0.717) is 13.1 Å². The van der Waals surface area contributed by atoms with E-state index in [4.69, 9.17) is 0 Å². The van der Waals surface area contributed by atoms with Gasteiger partial charge in [-0.3, -0.25) is 9.69 Å². The average molecular weight is 484 g/mol. The molecule has 0 spiro atoms. The van der Waals surface area contributed by atoms with Gasteiger partial charge in [-0.05, 0) is 42.3 Å². The highest BCUT2D eigenvalue weighted by atomic mass is 16.4. The molecule has 0 amide bonds. The minimum atomic E-state index is -0.827. The second kappa shape index (κ2) is 10.2. The Morgan fingerprint density at radius 1 is 0.806 bits per heavy atom. The van der Waals surface area contributed by atoms with Crippen LogP contribution in [0.1, 0.15) is 30.1 Å². The Kier molecular flexibility index (Phi) is 6.69. The molecule has 0 aliphatic carbocycles. The van der Waals surface area contributed by atoms with Gasteiger partial charge in [-0.15, -0.1) is 0 Å². The fourth-order valence-corrected chi connectivity index (χ4v) is 4.84. The predicted molar refractivity (Wildman–Crippen MR) is 139 cm³/mol. The molecule has 1 aliphatic rings. The molecule has 4 aromatic rings. The molecule has 1 aromatic heterocycles. The summed E-state index contributed by atoms with van der Waals surface area (Å²) in [4.78, 5) is 29.3. The topological polar surface area (TPSA) is 83.6 Å². The van der Waals surface area contributed by atoms with Gasteiger partial charge in [0.05, 0.1) is 11.7 Å². The molecule has 1 saturated heterocycles. The molecule has 0 radical (unpaired) electrons. The van der Waals surface area contributed by atoms with E-state index in [1.807, 2.05) is 96.8 Å². The normalized spacial score (nSPS) is 16.0. The van der Waals surface area contributed by atoms with E-state index in [1.54, 1.807) is 10.9 Å². The van der Waals surface area contributed by atoms with Gasteiger partial charge >= 0.3 is 11.7 Å². The molecule has 0 unspecified atom stereocenters. The van der Waals surface area contributed by atoms with Crippen molar-refractivity contribution in [3.05, 3.63) is 113 Å². The zero-order chi connectivity index (χ0) is 25.1. The van der Waals surface area contributed by atoms with E-state index < -0.39 is 12.0 Å². The Labute approximate surface area is 209 Å². The first-order valence-electron chi connectivity index (χ1n) is 12.1. The summed E-state index contributed by atoms with van der Waals surface area (Å²) in [5.74, 6) is -0.827. The minimum absolute atomic E-state index is 0.166. The number of hydrogen-bond acceptors (Lipinski definition) is 5. The predicted octanol–water partition coefficient (Wildman–Crippen LogP) is 3.59. The molecule has 8 heteroatoms. The molecular formula is C28H29N5O3. The molecule has 2 atom stereocenters. The van der Waals surface area contributed by atoms with Crippen LogP contribution in [-0.4, -0.2) is 56.5 Å². The van der Waals surface area contributed by atoms with Crippen LogP contribution >= 0.6 is 0 Å². The van der Waals surface area contributed by atoms with Gasteiger partial charge in [0.1, 0.15) is 12.4 Å². The molecule has 36 heavy (non-hydrogen) atoms. The number of carboxylic acid groups (broad SMARTS) is 1. The largest absolute Gasteiger partial charge is 0.480 e. The van der Waals surface area contributed by atoms with Crippen molar-refractivity contribution in [2.24, 2.45) is 0 Å². The van der Waals surface area contributed by atoms with Crippen molar-refractivity contribution in [3.63, 3.8) is 0 Å². The van der Waals surface area contributed by atoms with E-state index in [0.717, 1.165) is 35.6 Å². The number of carboxylic acids is 1. The summed E-state index contributed by atoms with van der Waals surface area (Å²) in [7, 11) is 0. The van der Waals surface area contributed by atoms with Crippen LogP contribution in [0.2, 0.25) is 0 Å². The molecule has 1 N–H and O–H groups in total. The number of rotatable bonds is 7. The quantitative estimate of drug-likeness (QED) is 0.433. The number of benzene rings is 3. The SMILES string of the molecule is C[C@@H](c1ccccc1)n1ncn(-c2ccc(N3CCN([C@@H](C(=O)O)c4ccccc4)CC3)cc2)c1=O. The van der Waals surface area contributed by atoms with Crippen LogP contribution in [0.15, 0.2) is 96.1 Å². The first kappa shape index (κ1) is 23.6. The van der Waals surface area contributed by atoms with E-state index in [9.17, 15) is 14.7 Å². The second-order valence-electron chi connectivity index (χ2n) is 9.01. The van der Waals surface area contributed by atoms with Crippen molar-refractivity contribution in [2.45, 2.75) is 19.0 Å². The Balaban J connectivity index is 1.27. The third-order valence-electron chi connectivity index (χ3n) is 6.86. The standard InChI is InChI=1S/C28H29N5O3/c1-21(22-8-4-2-5-9-22)33-28(36)32(20-29-33)25-14-12-24(13-15-25)30-16-18-31(19-17-30)26(27(34)35)23-10-6-3-7-11-23/h2-15,20-21,26H,16-19H2,1H3,(H,34,35)/t21-,26+/m0/s1. The Hall–Kier alpha value is -4.17. The third-order valence-corrected chi connectivity index (χ3v) is 6.86. The van der Waals surface area contributed by atoms with Gasteiger partial charge in [-0.2, -0.15) is 5.10 Å². The summed E-state index contributed by atoms with van der Waals surface area (Å²) < 4.78 is 3.05. The van der Waals surface area contributed by atoms with Gasteiger partial charge in [0.15, 0.2) is 0 Å². The van der Waals surface area contributed by atoms with Crippen molar-refractivity contribution in [3.8, 4) is 5.69 Å². The zero-order valence-electron chi connectivity index (χ0n) is 20.1. The molecule has 2 heterocycles. The van der Waals surface area contributed by atoms with Crippen LogP contribution in [0.4, 0.5) is 5.69 Å². The highest BCUT2D eigenvalue weighted by Crippen LogP contribution is 2.25. The van der Waals surface area contributed by atoms with E-state index in [-0.39, 0.29) is 11.7 Å². The van der Waals surface area contributed by atoms with Crippen molar-refractivity contribution in [1.29, 1.82) is 0 Å². The fourth-order valence-electron chi connectivity index (χ4n) is 4.84. The van der Waals surface area contributed by atoms with Crippen LogP contribution in [0.5, 0.6) is 0 Å². The van der Waals surface area contributed by atoms with Crippen LogP contribution in [0.3, 0.4) is 0 Å². The van der Waals surface area contributed by atoms with Gasteiger partial charge in [0.2, 0.25) is 0 Å². The third kappa shape index (κ3) is 4.67. The van der Waals surface area contributed by atoms with Gasteiger partial charge in [-0.25, -0.2) is 14.0 Å². The van der Waals surface area contributed by atoms with E-state index in [2.05, 4.69) is 10.00 Å². The van der Waals surface area contributed by atoms with Gasteiger partial charge in [0, 0.05) is 31.9 Å². The maximum absolute atomic E-state index is 13.0. The Morgan fingerprint density at radius 2 is 1.36 bits per heavy atom. The lowest BCUT2D eigenvalue weighted by Gasteiger charge is -2.39. The summed E-state index contributed by atoms with van der Waals surface area (Å²) in [6.45, 7) is 4.71. The monoisotopic (exact) mass is 483 g/mol. The molecule has 5 rings (SSSR count). The number of carbonyl (C=O) groups is 1. The highest BCUT2D eigenvalue weighted by Gasteiger charge is 2.30. The maximum atomic E-state index is 13.0. The van der Waals surface area contributed by atoms with Crippen LogP contribution in [-0.2, 0) is 4.79 Å². The minimum Gasteiger partial charge on any atom is -0.480 e.